The molecule has 2 aliphatic heterocycles. The molecule has 150 valence electrons. The van der Waals surface area contributed by atoms with Gasteiger partial charge in [-0.15, -0.1) is 11.8 Å². The summed E-state index contributed by atoms with van der Waals surface area (Å²) in [6.45, 7) is 5.92. The number of thioether (sulfide) groups is 1. The Balaban J connectivity index is 1.32. The summed E-state index contributed by atoms with van der Waals surface area (Å²) >= 11 is 1.53. The first kappa shape index (κ1) is 19.7. The summed E-state index contributed by atoms with van der Waals surface area (Å²) in [6, 6.07) is 15.9. The van der Waals surface area contributed by atoms with E-state index in [4.69, 9.17) is 0 Å². The maximum absolute atomic E-state index is 12.9. The Morgan fingerprint density at radius 2 is 1.90 bits per heavy atom. The van der Waals surface area contributed by atoms with Gasteiger partial charge >= 0.3 is 0 Å². The highest BCUT2D eigenvalue weighted by molar-refractivity contribution is 8.00. The average Bonchev–Trinajstić information content (AvgIpc) is 2.75. The zero-order valence-corrected chi connectivity index (χ0v) is 17.3. The summed E-state index contributed by atoms with van der Waals surface area (Å²) in [7, 11) is 0. The fourth-order valence-electron chi connectivity index (χ4n) is 3.56. The van der Waals surface area contributed by atoms with Crippen LogP contribution in [0.1, 0.15) is 22.8 Å². The molecule has 1 saturated heterocycles. The molecule has 6 heteroatoms. The number of carbonyl (C=O) groups is 2. The van der Waals surface area contributed by atoms with Crippen LogP contribution in [0.5, 0.6) is 0 Å². The number of anilines is 1. The van der Waals surface area contributed by atoms with Crippen molar-refractivity contribution >= 4 is 35.3 Å². The molecule has 1 N–H and O–H groups in total. The molecule has 2 aliphatic rings. The molecule has 0 spiro atoms. The molecule has 0 saturated carbocycles. The average molecular weight is 408 g/mol. The quantitative estimate of drug-likeness (QED) is 0.842. The lowest BCUT2D eigenvalue weighted by Gasteiger charge is -2.34. The van der Waals surface area contributed by atoms with Crippen LogP contribution in [0, 0.1) is 0 Å². The van der Waals surface area contributed by atoms with Gasteiger partial charge in [-0.1, -0.05) is 42.5 Å². The van der Waals surface area contributed by atoms with Crippen LogP contribution in [0.3, 0.4) is 0 Å². The van der Waals surface area contributed by atoms with Gasteiger partial charge < -0.3 is 10.2 Å². The molecule has 0 aliphatic carbocycles. The van der Waals surface area contributed by atoms with Gasteiger partial charge in [-0.2, -0.15) is 0 Å². The van der Waals surface area contributed by atoms with Crippen molar-refractivity contribution in [1.82, 2.24) is 9.80 Å². The van der Waals surface area contributed by atoms with E-state index in [-0.39, 0.29) is 17.1 Å². The number of hydrogen-bond donors (Lipinski definition) is 1. The maximum atomic E-state index is 12.9. The molecule has 1 fully saturated rings. The Bertz CT molecular complexity index is 921. The number of nitrogens with one attached hydrogen (secondary N) is 1. The molecular weight excluding hydrogens is 382 g/mol. The first-order chi connectivity index (χ1) is 14.1. The van der Waals surface area contributed by atoms with Crippen LogP contribution in [0.2, 0.25) is 0 Å². The second-order valence-corrected chi connectivity index (χ2v) is 8.75. The van der Waals surface area contributed by atoms with Crippen molar-refractivity contribution in [2.45, 2.75) is 17.1 Å². The van der Waals surface area contributed by atoms with Crippen molar-refractivity contribution in [3.05, 3.63) is 65.7 Å². The minimum atomic E-state index is -0.104. The van der Waals surface area contributed by atoms with Gasteiger partial charge in [-0.25, -0.2) is 0 Å². The molecule has 0 aromatic heterocycles. The monoisotopic (exact) mass is 407 g/mol. The topological polar surface area (TPSA) is 52.7 Å². The Labute approximate surface area is 175 Å². The van der Waals surface area contributed by atoms with E-state index in [0.29, 0.717) is 18.7 Å². The van der Waals surface area contributed by atoms with E-state index in [0.717, 1.165) is 30.2 Å². The lowest BCUT2D eigenvalue weighted by molar-refractivity contribution is -0.115. The normalized spacial score (nSPS) is 19.8. The molecule has 0 bridgehead atoms. The number of amides is 2. The van der Waals surface area contributed by atoms with E-state index < -0.39 is 0 Å². The fourth-order valence-corrected chi connectivity index (χ4v) is 4.49. The second-order valence-electron chi connectivity index (χ2n) is 7.37. The Kier molecular flexibility index (Phi) is 6.02. The predicted molar refractivity (Wildman–Crippen MR) is 118 cm³/mol. The lowest BCUT2D eigenvalue weighted by atomic mass is 10.1. The second kappa shape index (κ2) is 8.84. The Morgan fingerprint density at radius 3 is 2.66 bits per heavy atom. The van der Waals surface area contributed by atoms with Gasteiger partial charge in [0.15, 0.2) is 0 Å². The highest BCUT2D eigenvalue weighted by Crippen LogP contribution is 2.36. The molecule has 2 amide bonds. The molecule has 1 unspecified atom stereocenters. The zero-order valence-electron chi connectivity index (χ0n) is 16.5. The zero-order chi connectivity index (χ0) is 20.2. The van der Waals surface area contributed by atoms with Crippen LogP contribution in [-0.4, -0.2) is 59.6 Å². The number of piperazine rings is 1. The summed E-state index contributed by atoms with van der Waals surface area (Å²) in [5, 5.41) is 2.80. The van der Waals surface area contributed by atoms with E-state index in [1.54, 1.807) is 0 Å². The predicted octanol–water partition coefficient (Wildman–Crippen LogP) is 3.59. The van der Waals surface area contributed by atoms with Crippen molar-refractivity contribution in [2.75, 3.05) is 38.0 Å². The van der Waals surface area contributed by atoms with Gasteiger partial charge in [0.05, 0.1) is 10.9 Å². The van der Waals surface area contributed by atoms with Crippen LogP contribution in [0.4, 0.5) is 5.69 Å². The third-order valence-corrected chi connectivity index (χ3v) is 6.47. The lowest BCUT2D eigenvalue weighted by Crippen LogP contribution is -2.48. The van der Waals surface area contributed by atoms with Crippen molar-refractivity contribution in [1.29, 1.82) is 0 Å². The van der Waals surface area contributed by atoms with Crippen LogP contribution >= 0.6 is 11.8 Å². The molecule has 2 heterocycles. The third-order valence-electron chi connectivity index (χ3n) is 5.29. The highest BCUT2D eigenvalue weighted by atomic mass is 32.2. The van der Waals surface area contributed by atoms with Gasteiger partial charge in [0.1, 0.15) is 0 Å². The number of carbonyl (C=O) groups excluding carboxylic acids is 2. The summed E-state index contributed by atoms with van der Waals surface area (Å²) in [5.74, 6) is 0.0226. The molecule has 5 nitrogen and oxygen atoms in total. The minimum Gasteiger partial charge on any atom is -0.336 e. The van der Waals surface area contributed by atoms with E-state index in [1.165, 1.54) is 17.3 Å². The molecular formula is C23H25N3O2S. The van der Waals surface area contributed by atoms with E-state index in [2.05, 4.69) is 34.5 Å². The standard InChI is InChI=1S/C23H25N3O2S/c1-17-22(27)24-20-16-19(9-10-21(20)29-17)23(28)26-14-12-25(13-15-26)11-5-8-18-6-3-2-4-7-18/h2-10,16-17H,11-15H2,1H3,(H,24,27)/b8-5+. The Morgan fingerprint density at radius 1 is 1.14 bits per heavy atom. The molecule has 4 rings (SSSR count). The fraction of sp³-hybridized carbons (Fsp3) is 0.304. The van der Waals surface area contributed by atoms with E-state index in [1.807, 2.05) is 48.2 Å². The van der Waals surface area contributed by atoms with Crippen molar-refractivity contribution in [3.8, 4) is 0 Å². The summed E-state index contributed by atoms with van der Waals surface area (Å²) in [5.41, 5.74) is 2.58. The van der Waals surface area contributed by atoms with Crippen LogP contribution < -0.4 is 5.32 Å². The Hall–Kier alpha value is -2.57. The van der Waals surface area contributed by atoms with Crippen LogP contribution in [-0.2, 0) is 4.79 Å². The SMILES string of the molecule is CC1Sc2ccc(C(=O)N3CCN(C/C=C/c4ccccc4)CC3)cc2NC1=O. The van der Waals surface area contributed by atoms with Crippen molar-refractivity contribution in [2.24, 2.45) is 0 Å². The number of benzene rings is 2. The number of hydrogen-bond acceptors (Lipinski definition) is 4. The minimum absolute atomic E-state index is 0.00993. The summed E-state index contributed by atoms with van der Waals surface area (Å²) in [6.07, 6.45) is 4.31. The largest absolute Gasteiger partial charge is 0.336 e. The molecule has 2 aromatic rings. The van der Waals surface area contributed by atoms with Gasteiger partial charge in [-0.05, 0) is 30.7 Å². The number of nitrogens with zero attached hydrogens (tertiary/aromatic N) is 2. The number of fused-ring (bicyclic) bond motifs is 1. The smallest absolute Gasteiger partial charge is 0.254 e. The van der Waals surface area contributed by atoms with Gasteiger partial charge in [0.2, 0.25) is 5.91 Å². The van der Waals surface area contributed by atoms with Gasteiger partial charge in [0.25, 0.3) is 5.91 Å². The number of rotatable bonds is 4. The molecule has 2 aromatic carbocycles. The first-order valence-electron chi connectivity index (χ1n) is 9.95. The van der Waals surface area contributed by atoms with E-state index >= 15 is 0 Å². The summed E-state index contributed by atoms with van der Waals surface area (Å²) in [4.78, 5) is 30.1. The van der Waals surface area contributed by atoms with Gasteiger partial charge in [-0.3, -0.25) is 14.5 Å². The highest BCUT2D eigenvalue weighted by Gasteiger charge is 2.26. The molecule has 29 heavy (non-hydrogen) atoms. The third kappa shape index (κ3) is 4.71. The van der Waals surface area contributed by atoms with Crippen molar-refractivity contribution in [3.63, 3.8) is 0 Å². The van der Waals surface area contributed by atoms with Crippen molar-refractivity contribution < 1.29 is 9.59 Å². The van der Waals surface area contributed by atoms with E-state index in [9.17, 15) is 9.59 Å². The van der Waals surface area contributed by atoms with Gasteiger partial charge in [0, 0.05) is 43.2 Å². The summed E-state index contributed by atoms with van der Waals surface area (Å²) < 4.78 is 0. The molecule has 1 atom stereocenters. The van der Waals surface area contributed by atoms with Crippen LogP contribution in [0.25, 0.3) is 6.08 Å². The molecule has 0 radical (unpaired) electrons. The maximum Gasteiger partial charge on any atom is 0.254 e. The van der Waals surface area contributed by atoms with Crippen LogP contribution in [0.15, 0.2) is 59.5 Å². The first-order valence-corrected chi connectivity index (χ1v) is 10.8.